The van der Waals surface area contributed by atoms with Crippen molar-refractivity contribution in [2.45, 2.75) is 25.4 Å². The highest BCUT2D eigenvalue weighted by Gasteiger charge is 2.35. The van der Waals surface area contributed by atoms with Gasteiger partial charge in [-0.2, -0.15) is 0 Å². The number of hydrogen-bond donors (Lipinski definition) is 0. The Morgan fingerprint density at radius 3 is 2.54 bits per heavy atom. The molecule has 6 nitrogen and oxygen atoms in total. The molecule has 1 atom stereocenters. The molecule has 144 valence electrons. The quantitative estimate of drug-likeness (QED) is 0.742. The Bertz CT molecular complexity index is 891. The van der Waals surface area contributed by atoms with E-state index in [-0.39, 0.29) is 17.6 Å². The van der Waals surface area contributed by atoms with Gasteiger partial charge in [0.15, 0.2) is 5.78 Å². The van der Waals surface area contributed by atoms with Gasteiger partial charge < -0.3 is 9.74 Å². The molecule has 28 heavy (non-hydrogen) atoms. The average molecular weight is 398 g/mol. The Kier molecular flexibility index (Phi) is 5.39. The molecule has 0 spiro atoms. The summed E-state index contributed by atoms with van der Waals surface area (Å²) in [5.41, 5.74) is 2.28. The van der Waals surface area contributed by atoms with Crippen LogP contribution >= 0.6 is 11.6 Å². The molecule has 0 aliphatic carbocycles. The van der Waals surface area contributed by atoms with Crippen LogP contribution < -0.4 is 0 Å². The molecule has 1 aromatic heterocycles. The first-order chi connectivity index (χ1) is 13.6. The number of pyridine rings is 1. The van der Waals surface area contributed by atoms with E-state index in [9.17, 15) is 9.59 Å². The topological polar surface area (TPSA) is 71.9 Å². The summed E-state index contributed by atoms with van der Waals surface area (Å²) in [5, 5.41) is 4.73. The van der Waals surface area contributed by atoms with E-state index in [1.165, 1.54) is 0 Å². The molecule has 2 aromatic rings. The highest BCUT2D eigenvalue weighted by atomic mass is 35.5. The Hall–Kier alpha value is -2.73. The van der Waals surface area contributed by atoms with Crippen molar-refractivity contribution in [3.63, 3.8) is 0 Å². The monoisotopic (exact) mass is 397 g/mol. The summed E-state index contributed by atoms with van der Waals surface area (Å²) in [6, 6.07) is 10.9. The van der Waals surface area contributed by atoms with Gasteiger partial charge in [-0.15, -0.1) is 0 Å². The summed E-state index contributed by atoms with van der Waals surface area (Å²) in [7, 11) is 0. The Balaban J connectivity index is 1.31. The number of rotatable bonds is 4. The lowest BCUT2D eigenvalue weighted by atomic mass is 9.89. The third-order valence-corrected chi connectivity index (χ3v) is 5.50. The highest BCUT2D eigenvalue weighted by molar-refractivity contribution is 6.30. The summed E-state index contributed by atoms with van der Waals surface area (Å²) < 4.78 is 0. The minimum atomic E-state index is -0.601. The first-order valence-corrected chi connectivity index (χ1v) is 9.71. The number of nitrogens with zero attached hydrogens (tertiary/aromatic N) is 3. The van der Waals surface area contributed by atoms with Gasteiger partial charge in [0, 0.05) is 48.4 Å². The van der Waals surface area contributed by atoms with Crippen LogP contribution in [0.3, 0.4) is 0 Å². The number of hydrogen-bond acceptors (Lipinski definition) is 5. The summed E-state index contributed by atoms with van der Waals surface area (Å²) in [5.74, 6) is -0.0377. The number of ketones is 1. The maximum Gasteiger partial charge on any atom is 0.266 e. The average Bonchev–Trinajstić information content (AvgIpc) is 3.24. The number of halogens is 1. The SMILES string of the molecule is O=C(c1cccnc1)C1CCN(C(=O)[C@H]2CC(c3ccc(Cl)cc3)=NO2)CC1. The lowest BCUT2D eigenvalue weighted by Gasteiger charge is -2.32. The highest BCUT2D eigenvalue weighted by Crippen LogP contribution is 2.25. The van der Waals surface area contributed by atoms with Crippen LogP contribution in [0.15, 0.2) is 53.9 Å². The van der Waals surface area contributed by atoms with Gasteiger partial charge in [-0.3, -0.25) is 14.6 Å². The number of piperidine rings is 1. The van der Waals surface area contributed by atoms with Gasteiger partial charge in [0.25, 0.3) is 5.91 Å². The molecule has 4 rings (SSSR count). The predicted octanol–water partition coefficient (Wildman–Crippen LogP) is 3.35. The van der Waals surface area contributed by atoms with Crippen LogP contribution in [-0.4, -0.2) is 46.5 Å². The first-order valence-electron chi connectivity index (χ1n) is 9.33. The third kappa shape index (κ3) is 3.92. The molecule has 7 heteroatoms. The number of oxime groups is 1. The molecule has 1 saturated heterocycles. The number of benzene rings is 1. The van der Waals surface area contributed by atoms with Crippen LogP contribution in [-0.2, 0) is 9.63 Å². The summed E-state index contributed by atoms with van der Waals surface area (Å²) in [6.45, 7) is 1.09. The molecule has 0 saturated carbocycles. The lowest BCUT2D eigenvalue weighted by molar-refractivity contribution is -0.143. The second kappa shape index (κ2) is 8.10. The molecule has 0 radical (unpaired) electrons. The van der Waals surface area contributed by atoms with Gasteiger partial charge in [-0.05, 0) is 42.7 Å². The Morgan fingerprint density at radius 1 is 1.11 bits per heavy atom. The third-order valence-electron chi connectivity index (χ3n) is 5.25. The molecule has 0 N–H and O–H groups in total. The van der Waals surface area contributed by atoms with Crippen LogP contribution in [0.5, 0.6) is 0 Å². The molecular weight excluding hydrogens is 378 g/mol. The zero-order valence-corrected chi connectivity index (χ0v) is 16.0. The predicted molar refractivity (Wildman–Crippen MR) is 105 cm³/mol. The fraction of sp³-hybridized carbons (Fsp3) is 0.333. The Labute approximate surface area is 168 Å². The van der Waals surface area contributed by atoms with E-state index in [2.05, 4.69) is 10.1 Å². The molecule has 1 aromatic carbocycles. The van der Waals surface area contributed by atoms with Crippen molar-refractivity contribution < 1.29 is 14.4 Å². The van der Waals surface area contributed by atoms with E-state index in [0.717, 1.165) is 11.3 Å². The molecule has 2 aliphatic heterocycles. The molecule has 0 bridgehead atoms. The van der Waals surface area contributed by atoms with Crippen LogP contribution in [0.1, 0.15) is 35.2 Å². The van der Waals surface area contributed by atoms with Crippen LogP contribution in [0.25, 0.3) is 0 Å². The van der Waals surface area contributed by atoms with E-state index in [1.54, 1.807) is 41.6 Å². The number of aromatic nitrogens is 1. The maximum atomic E-state index is 12.8. The molecule has 1 amide bonds. The van der Waals surface area contributed by atoms with Crippen molar-refractivity contribution in [2.75, 3.05) is 13.1 Å². The van der Waals surface area contributed by atoms with E-state index in [1.807, 2.05) is 12.1 Å². The lowest BCUT2D eigenvalue weighted by Crippen LogP contribution is -2.45. The number of Topliss-reactive ketones (excluding diaryl/α,β-unsaturated/α-hetero) is 1. The number of carbonyl (C=O) groups excluding carboxylic acids is 2. The van der Waals surface area contributed by atoms with E-state index in [4.69, 9.17) is 16.4 Å². The zero-order chi connectivity index (χ0) is 19.5. The van der Waals surface area contributed by atoms with Crippen molar-refractivity contribution in [3.8, 4) is 0 Å². The standard InChI is InChI=1S/C21H20ClN3O3/c22-17-5-3-14(4-6-17)18-12-19(28-24-18)21(27)25-10-7-15(8-11-25)20(26)16-2-1-9-23-13-16/h1-6,9,13,15,19H,7-8,10-12H2/t19-/m1/s1. The van der Waals surface area contributed by atoms with Crippen molar-refractivity contribution >= 4 is 29.0 Å². The van der Waals surface area contributed by atoms with Gasteiger partial charge in [0.05, 0.1) is 5.71 Å². The van der Waals surface area contributed by atoms with Crippen molar-refractivity contribution in [1.82, 2.24) is 9.88 Å². The Morgan fingerprint density at radius 2 is 1.86 bits per heavy atom. The fourth-order valence-electron chi connectivity index (χ4n) is 3.63. The zero-order valence-electron chi connectivity index (χ0n) is 15.3. The van der Waals surface area contributed by atoms with Crippen molar-refractivity contribution in [2.24, 2.45) is 11.1 Å². The van der Waals surface area contributed by atoms with Crippen LogP contribution in [0, 0.1) is 5.92 Å². The van der Waals surface area contributed by atoms with Gasteiger partial charge in [0.2, 0.25) is 6.10 Å². The van der Waals surface area contributed by atoms with Gasteiger partial charge >= 0.3 is 0 Å². The number of carbonyl (C=O) groups is 2. The van der Waals surface area contributed by atoms with Crippen LogP contribution in [0.2, 0.25) is 5.02 Å². The van der Waals surface area contributed by atoms with Gasteiger partial charge in [-0.25, -0.2) is 0 Å². The summed E-state index contributed by atoms with van der Waals surface area (Å²) in [6.07, 6.45) is 4.39. The maximum absolute atomic E-state index is 12.8. The van der Waals surface area contributed by atoms with Crippen molar-refractivity contribution in [1.29, 1.82) is 0 Å². The van der Waals surface area contributed by atoms with Crippen LogP contribution in [0.4, 0.5) is 0 Å². The number of amides is 1. The molecule has 2 aliphatic rings. The first kappa shape index (κ1) is 18.6. The number of likely N-dealkylation sites (tertiary alicyclic amines) is 1. The van der Waals surface area contributed by atoms with Gasteiger partial charge in [-0.1, -0.05) is 28.9 Å². The van der Waals surface area contributed by atoms with E-state index in [0.29, 0.717) is 42.9 Å². The van der Waals surface area contributed by atoms with E-state index < -0.39 is 6.10 Å². The normalized spacial score (nSPS) is 19.8. The smallest absolute Gasteiger partial charge is 0.266 e. The van der Waals surface area contributed by atoms with Gasteiger partial charge in [0.1, 0.15) is 0 Å². The molecule has 1 fully saturated rings. The minimum absolute atomic E-state index is 0.0695. The second-order valence-electron chi connectivity index (χ2n) is 7.05. The second-order valence-corrected chi connectivity index (χ2v) is 7.48. The minimum Gasteiger partial charge on any atom is -0.382 e. The molecule has 0 unspecified atom stereocenters. The molecule has 3 heterocycles. The fourth-order valence-corrected chi connectivity index (χ4v) is 3.76. The largest absolute Gasteiger partial charge is 0.382 e. The summed E-state index contributed by atoms with van der Waals surface area (Å²) >= 11 is 5.91. The van der Waals surface area contributed by atoms with E-state index >= 15 is 0 Å². The van der Waals surface area contributed by atoms with Crippen molar-refractivity contribution in [3.05, 3.63) is 64.9 Å². The molecular formula is C21H20ClN3O3. The summed E-state index contributed by atoms with van der Waals surface area (Å²) in [4.78, 5) is 36.5.